The summed E-state index contributed by atoms with van der Waals surface area (Å²) in [7, 11) is 0. The van der Waals surface area contributed by atoms with Crippen molar-refractivity contribution in [3.05, 3.63) is 19.2 Å². The molecule has 1 aliphatic rings. The van der Waals surface area contributed by atoms with E-state index in [0.29, 0.717) is 19.5 Å². The molecule has 1 fully saturated rings. The maximum Gasteiger partial charge on any atom is 0.264 e. The van der Waals surface area contributed by atoms with Crippen LogP contribution in [0, 0.1) is 5.92 Å². The first-order chi connectivity index (χ1) is 9.06. The van der Waals surface area contributed by atoms with Crippen molar-refractivity contribution in [3.8, 4) is 0 Å². The molecule has 1 aliphatic heterocycles. The Kier molecular flexibility index (Phi) is 5.03. The fraction of sp³-hybridized carbons (Fsp3) is 0.500. The minimum absolute atomic E-state index is 0.0480. The first kappa shape index (κ1) is 15.0. The van der Waals surface area contributed by atoms with Crippen molar-refractivity contribution < 1.29 is 10.0 Å². The summed E-state index contributed by atoms with van der Waals surface area (Å²) >= 11 is 8.23. The minimum atomic E-state index is 0.0480. The van der Waals surface area contributed by atoms with Gasteiger partial charge in [0.2, 0.25) is 0 Å². The average molecular weight is 410 g/mol. The Morgan fingerprint density at radius 3 is 2.89 bits per heavy atom. The molecule has 1 atom stereocenters. The molecule has 0 radical (unpaired) electrons. The van der Waals surface area contributed by atoms with E-state index in [4.69, 9.17) is 5.21 Å². The molecule has 2 heterocycles. The molecule has 0 aromatic carbocycles. The molecule has 0 saturated carbocycles. The van der Waals surface area contributed by atoms with Gasteiger partial charge in [0.05, 0.1) is 14.4 Å². The highest BCUT2D eigenvalue weighted by Gasteiger charge is 2.29. The molecule has 1 aromatic rings. The molecule has 104 valence electrons. The number of amides is 1. The number of likely N-dealkylation sites (tertiary alicyclic amines) is 1. The van der Waals surface area contributed by atoms with Crippen molar-refractivity contribution in [2.45, 2.75) is 19.8 Å². The first-order valence-electron chi connectivity index (χ1n) is 6.01. The Morgan fingerprint density at radius 2 is 2.37 bits per heavy atom. The molecular formula is C12H14Br2N2O2S. The Bertz CT molecular complexity index is 496. The van der Waals surface area contributed by atoms with Gasteiger partial charge in [0.1, 0.15) is 0 Å². The van der Waals surface area contributed by atoms with E-state index in [0.717, 1.165) is 25.3 Å². The number of hydrogen-bond donors (Lipinski definition) is 1. The molecule has 0 aliphatic carbocycles. The topological polar surface area (TPSA) is 52.9 Å². The SMILES string of the molecule is CCC1CN(C(=O)c2cc(Br)c(Br)s2)CCC1=NO. The zero-order valence-corrected chi connectivity index (χ0v) is 14.4. The third-order valence-electron chi connectivity index (χ3n) is 3.31. The minimum Gasteiger partial charge on any atom is -0.411 e. The monoisotopic (exact) mass is 408 g/mol. The van der Waals surface area contributed by atoms with Crippen molar-refractivity contribution in [1.82, 2.24) is 4.90 Å². The van der Waals surface area contributed by atoms with Crippen LogP contribution in [0.3, 0.4) is 0 Å². The molecule has 1 aromatic heterocycles. The summed E-state index contributed by atoms with van der Waals surface area (Å²) in [6.45, 7) is 3.28. The number of nitrogens with zero attached hydrogens (tertiary/aromatic N) is 2. The van der Waals surface area contributed by atoms with Crippen LogP contribution in [0.15, 0.2) is 19.5 Å². The quantitative estimate of drug-likeness (QED) is 0.593. The molecule has 0 spiro atoms. The van der Waals surface area contributed by atoms with Crippen LogP contribution in [0.2, 0.25) is 0 Å². The lowest BCUT2D eigenvalue weighted by Crippen LogP contribution is -2.43. The van der Waals surface area contributed by atoms with E-state index >= 15 is 0 Å². The number of carbonyl (C=O) groups is 1. The number of rotatable bonds is 2. The third-order valence-corrected chi connectivity index (χ3v) is 6.56. The smallest absolute Gasteiger partial charge is 0.264 e. The highest BCUT2D eigenvalue weighted by Crippen LogP contribution is 2.33. The lowest BCUT2D eigenvalue weighted by molar-refractivity contribution is 0.0734. The van der Waals surface area contributed by atoms with Crippen LogP contribution in [0.1, 0.15) is 29.4 Å². The van der Waals surface area contributed by atoms with Crippen LogP contribution >= 0.6 is 43.2 Å². The molecule has 1 saturated heterocycles. The summed E-state index contributed by atoms with van der Waals surface area (Å²) in [6.07, 6.45) is 1.52. The van der Waals surface area contributed by atoms with Crippen molar-refractivity contribution in [2.24, 2.45) is 11.1 Å². The molecule has 0 bridgehead atoms. The van der Waals surface area contributed by atoms with Crippen molar-refractivity contribution in [2.75, 3.05) is 13.1 Å². The zero-order chi connectivity index (χ0) is 14.0. The van der Waals surface area contributed by atoms with E-state index in [1.54, 1.807) is 0 Å². The fourth-order valence-electron chi connectivity index (χ4n) is 2.20. The Labute approximate surface area is 132 Å². The van der Waals surface area contributed by atoms with Gasteiger partial charge in [0.25, 0.3) is 5.91 Å². The van der Waals surface area contributed by atoms with Gasteiger partial charge in [0, 0.05) is 29.9 Å². The molecule has 7 heteroatoms. The molecule has 1 amide bonds. The van der Waals surface area contributed by atoms with E-state index < -0.39 is 0 Å². The second-order valence-corrected chi connectivity index (χ2v) is 7.65. The van der Waals surface area contributed by atoms with E-state index in [9.17, 15) is 4.79 Å². The van der Waals surface area contributed by atoms with Gasteiger partial charge < -0.3 is 10.1 Å². The molecular weight excluding hydrogens is 396 g/mol. The maximum atomic E-state index is 12.4. The number of oxime groups is 1. The maximum absolute atomic E-state index is 12.4. The first-order valence-corrected chi connectivity index (χ1v) is 8.42. The van der Waals surface area contributed by atoms with E-state index in [1.165, 1.54) is 11.3 Å². The molecule has 1 unspecified atom stereocenters. The Balaban J connectivity index is 2.13. The molecule has 4 nitrogen and oxygen atoms in total. The number of halogens is 2. The van der Waals surface area contributed by atoms with Gasteiger partial charge in [-0.05, 0) is 44.3 Å². The number of piperidine rings is 1. The van der Waals surface area contributed by atoms with Crippen LogP contribution in [-0.2, 0) is 0 Å². The predicted molar refractivity (Wildman–Crippen MR) is 83.2 cm³/mol. The van der Waals surface area contributed by atoms with Crippen molar-refractivity contribution >= 4 is 54.8 Å². The van der Waals surface area contributed by atoms with Crippen LogP contribution in [-0.4, -0.2) is 34.8 Å². The summed E-state index contributed by atoms with van der Waals surface area (Å²) in [4.78, 5) is 15.0. The zero-order valence-electron chi connectivity index (χ0n) is 10.4. The normalized spacial score (nSPS) is 21.9. The van der Waals surface area contributed by atoms with Gasteiger partial charge >= 0.3 is 0 Å². The van der Waals surface area contributed by atoms with E-state index in [-0.39, 0.29) is 11.8 Å². The van der Waals surface area contributed by atoms with Gasteiger partial charge in [0.15, 0.2) is 0 Å². The fourth-order valence-corrected chi connectivity index (χ4v) is 4.21. The average Bonchev–Trinajstić information content (AvgIpc) is 2.77. The lowest BCUT2D eigenvalue weighted by atomic mass is 9.93. The van der Waals surface area contributed by atoms with Gasteiger partial charge in [-0.25, -0.2) is 0 Å². The number of hydrogen-bond acceptors (Lipinski definition) is 4. The van der Waals surface area contributed by atoms with Crippen LogP contribution in [0.4, 0.5) is 0 Å². The van der Waals surface area contributed by atoms with Crippen molar-refractivity contribution in [3.63, 3.8) is 0 Å². The van der Waals surface area contributed by atoms with E-state index in [1.807, 2.05) is 17.9 Å². The summed E-state index contributed by atoms with van der Waals surface area (Å²) < 4.78 is 1.83. The van der Waals surface area contributed by atoms with Gasteiger partial charge in [-0.15, -0.1) is 11.3 Å². The summed E-state index contributed by atoms with van der Waals surface area (Å²) in [5.41, 5.74) is 0.806. The second kappa shape index (κ2) is 6.37. The summed E-state index contributed by atoms with van der Waals surface area (Å²) in [6, 6.07) is 1.84. The third kappa shape index (κ3) is 3.20. The molecule has 2 rings (SSSR count). The standard InChI is InChI=1S/C12H14Br2N2O2S/c1-2-7-6-16(4-3-9(7)15-18)12(17)10-5-8(13)11(14)19-10/h5,7,18H,2-4,6H2,1H3. The highest BCUT2D eigenvalue weighted by atomic mass is 79.9. The summed E-state index contributed by atoms with van der Waals surface area (Å²) in [5.74, 6) is 0.210. The molecule has 19 heavy (non-hydrogen) atoms. The molecule has 1 N–H and O–H groups in total. The number of carbonyl (C=O) groups excluding carboxylic acids is 1. The van der Waals surface area contributed by atoms with Crippen molar-refractivity contribution in [1.29, 1.82) is 0 Å². The Morgan fingerprint density at radius 1 is 1.63 bits per heavy atom. The van der Waals surface area contributed by atoms with Gasteiger partial charge in [-0.2, -0.15) is 0 Å². The van der Waals surface area contributed by atoms with Gasteiger partial charge in [-0.1, -0.05) is 12.1 Å². The van der Waals surface area contributed by atoms with Gasteiger partial charge in [-0.3, -0.25) is 4.79 Å². The number of thiophene rings is 1. The van der Waals surface area contributed by atoms with Crippen LogP contribution < -0.4 is 0 Å². The highest BCUT2D eigenvalue weighted by molar-refractivity contribution is 9.13. The Hall–Kier alpha value is -0.400. The van der Waals surface area contributed by atoms with E-state index in [2.05, 4.69) is 37.0 Å². The predicted octanol–water partition coefficient (Wildman–Crippen LogP) is 3.98. The largest absolute Gasteiger partial charge is 0.411 e. The lowest BCUT2D eigenvalue weighted by Gasteiger charge is -2.32. The van der Waals surface area contributed by atoms with Crippen LogP contribution in [0.25, 0.3) is 0 Å². The van der Waals surface area contributed by atoms with Crippen LogP contribution in [0.5, 0.6) is 0 Å². The summed E-state index contributed by atoms with van der Waals surface area (Å²) in [5, 5.41) is 12.3. The second-order valence-electron chi connectivity index (χ2n) is 4.43.